The summed E-state index contributed by atoms with van der Waals surface area (Å²) >= 11 is 1.03. The van der Waals surface area contributed by atoms with Crippen LogP contribution in [0.3, 0.4) is 0 Å². The van der Waals surface area contributed by atoms with Crippen LogP contribution in [0.4, 0.5) is 0 Å². The van der Waals surface area contributed by atoms with Gasteiger partial charge < -0.3 is 0 Å². The largest absolute Gasteiger partial charge is 0.277 e. The Morgan fingerprint density at radius 2 is 2.25 bits per heavy atom. The average molecular weight is 152 g/mol. The molecule has 0 bridgehead atoms. The molecule has 3 nitrogen and oxygen atoms in total. The predicted molar refractivity (Wildman–Crippen MR) is 38.6 cm³/mol. The van der Waals surface area contributed by atoms with Crippen LogP contribution in [0.25, 0.3) is 0 Å². The number of rotatable bonds is 3. The Morgan fingerprint density at radius 1 is 1.75 bits per heavy atom. The molecular formula is C3H9N2OPS. The zero-order chi connectivity index (χ0) is 6.62. The van der Waals surface area contributed by atoms with Crippen LogP contribution in [0.15, 0.2) is 12.7 Å². The molecule has 4 N–H and O–H groups in total. The molecule has 0 rings (SSSR count). The lowest BCUT2D eigenvalue weighted by Gasteiger charge is -2.00. The maximum atomic E-state index is 10.4. The van der Waals surface area contributed by atoms with E-state index in [4.69, 9.17) is 11.0 Å². The topological polar surface area (TPSA) is 69.1 Å². The van der Waals surface area contributed by atoms with E-state index in [0.717, 1.165) is 11.4 Å². The van der Waals surface area contributed by atoms with Gasteiger partial charge in [-0.2, -0.15) is 0 Å². The molecule has 0 saturated heterocycles. The molecule has 0 aliphatic heterocycles. The van der Waals surface area contributed by atoms with Crippen molar-refractivity contribution >= 4 is 18.0 Å². The third-order valence-electron chi connectivity index (χ3n) is 0.394. The molecule has 0 unspecified atom stereocenters. The fourth-order valence-corrected chi connectivity index (χ4v) is 1.52. The van der Waals surface area contributed by atoms with Crippen LogP contribution in [0, 0.1) is 0 Å². The number of hydrogen-bond donors (Lipinski definition) is 2. The van der Waals surface area contributed by atoms with Gasteiger partial charge in [0.25, 0.3) is 6.65 Å². The van der Waals surface area contributed by atoms with Crippen molar-refractivity contribution in [1.29, 1.82) is 0 Å². The molecular weight excluding hydrogens is 143 g/mol. The normalized spacial score (nSPS) is 11.2. The molecule has 0 aromatic carbocycles. The average Bonchev–Trinajstić information content (AvgIpc) is 1.59. The standard InChI is InChI=1S/C3H9N2OPS/c1-2-3-8-7(4,5)6/h2H,1,3H2,(H4,4,5,6). The minimum atomic E-state index is -2.84. The summed E-state index contributed by atoms with van der Waals surface area (Å²) in [6, 6.07) is 0. The highest BCUT2D eigenvalue weighted by molar-refractivity contribution is 8.56. The molecule has 0 heterocycles. The van der Waals surface area contributed by atoms with Gasteiger partial charge in [0.1, 0.15) is 0 Å². The summed E-state index contributed by atoms with van der Waals surface area (Å²) in [6.07, 6.45) is 1.61. The Morgan fingerprint density at radius 3 is 2.38 bits per heavy atom. The third-order valence-corrected chi connectivity index (χ3v) is 2.84. The molecule has 8 heavy (non-hydrogen) atoms. The fraction of sp³-hybridized carbons (Fsp3) is 0.333. The van der Waals surface area contributed by atoms with E-state index in [-0.39, 0.29) is 0 Å². The SMILES string of the molecule is C=CCSP(N)(N)=O. The molecule has 0 fully saturated rings. The molecule has 0 saturated carbocycles. The van der Waals surface area contributed by atoms with Gasteiger partial charge in [0.15, 0.2) is 0 Å². The number of hydrogen-bond acceptors (Lipinski definition) is 2. The smallest absolute Gasteiger partial charge is 0.261 e. The first-order chi connectivity index (χ1) is 3.56. The molecule has 0 aromatic heterocycles. The van der Waals surface area contributed by atoms with Crippen LogP contribution in [0.5, 0.6) is 0 Å². The van der Waals surface area contributed by atoms with Crippen molar-refractivity contribution < 1.29 is 4.57 Å². The maximum Gasteiger partial charge on any atom is 0.261 e. The minimum absolute atomic E-state index is 0.546. The predicted octanol–water partition coefficient (Wildman–Crippen LogP) is 0.931. The Bertz CT molecular complexity index is 120. The molecule has 0 aliphatic carbocycles. The van der Waals surface area contributed by atoms with Crippen LogP contribution < -0.4 is 11.0 Å². The molecule has 0 radical (unpaired) electrons. The molecule has 0 amide bonds. The van der Waals surface area contributed by atoms with Crippen molar-refractivity contribution in [2.45, 2.75) is 0 Å². The lowest BCUT2D eigenvalue weighted by molar-refractivity contribution is 0.587. The molecule has 0 atom stereocenters. The van der Waals surface area contributed by atoms with Gasteiger partial charge in [-0.25, -0.2) is 0 Å². The lowest BCUT2D eigenvalue weighted by atomic mass is 10.8. The molecule has 48 valence electrons. The van der Waals surface area contributed by atoms with Gasteiger partial charge in [0, 0.05) is 5.75 Å². The Balaban J connectivity index is 3.40. The highest BCUT2D eigenvalue weighted by Crippen LogP contribution is 2.42. The van der Waals surface area contributed by atoms with Crippen LogP contribution in [-0.4, -0.2) is 5.75 Å². The van der Waals surface area contributed by atoms with Crippen molar-refractivity contribution in [3.8, 4) is 0 Å². The van der Waals surface area contributed by atoms with Crippen molar-refractivity contribution in [3.05, 3.63) is 12.7 Å². The van der Waals surface area contributed by atoms with Crippen LogP contribution in [0.1, 0.15) is 0 Å². The van der Waals surface area contributed by atoms with Gasteiger partial charge in [-0.05, 0) is 0 Å². The van der Waals surface area contributed by atoms with Gasteiger partial charge in [0.05, 0.1) is 0 Å². The summed E-state index contributed by atoms with van der Waals surface area (Å²) in [4.78, 5) is 0. The summed E-state index contributed by atoms with van der Waals surface area (Å²) in [6.45, 7) is 0.574. The Labute approximate surface area is 52.7 Å². The fourth-order valence-electron chi connectivity index (χ4n) is 0.169. The molecule has 0 aromatic rings. The number of nitrogens with two attached hydrogens (primary N) is 2. The van der Waals surface area contributed by atoms with Crippen LogP contribution >= 0.6 is 18.0 Å². The van der Waals surface area contributed by atoms with Gasteiger partial charge in [-0.1, -0.05) is 17.5 Å². The summed E-state index contributed by atoms with van der Waals surface area (Å²) in [5.41, 5.74) is 9.94. The van der Waals surface area contributed by atoms with E-state index >= 15 is 0 Å². The van der Waals surface area contributed by atoms with Gasteiger partial charge in [-0.15, -0.1) is 6.58 Å². The van der Waals surface area contributed by atoms with E-state index in [1.807, 2.05) is 0 Å². The van der Waals surface area contributed by atoms with Crippen LogP contribution in [0.2, 0.25) is 0 Å². The Kier molecular flexibility index (Phi) is 3.40. The van der Waals surface area contributed by atoms with Crippen molar-refractivity contribution in [1.82, 2.24) is 0 Å². The first-order valence-electron chi connectivity index (χ1n) is 1.99. The van der Waals surface area contributed by atoms with Gasteiger partial charge >= 0.3 is 0 Å². The second-order valence-corrected chi connectivity index (χ2v) is 5.60. The summed E-state index contributed by atoms with van der Waals surface area (Å²) < 4.78 is 10.4. The highest BCUT2D eigenvalue weighted by Gasteiger charge is 2.05. The third kappa shape index (κ3) is 6.24. The van der Waals surface area contributed by atoms with E-state index in [1.54, 1.807) is 6.08 Å². The van der Waals surface area contributed by atoms with Crippen molar-refractivity contribution in [3.63, 3.8) is 0 Å². The van der Waals surface area contributed by atoms with E-state index < -0.39 is 6.65 Å². The summed E-state index contributed by atoms with van der Waals surface area (Å²) in [5.74, 6) is 0.546. The van der Waals surface area contributed by atoms with Gasteiger partial charge in [-0.3, -0.25) is 15.6 Å². The van der Waals surface area contributed by atoms with E-state index in [2.05, 4.69) is 6.58 Å². The summed E-state index contributed by atoms with van der Waals surface area (Å²) in [7, 11) is 0. The molecule has 0 aliphatic rings. The first-order valence-corrected chi connectivity index (χ1v) is 5.42. The van der Waals surface area contributed by atoms with E-state index in [9.17, 15) is 4.57 Å². The minimum Gasteiger partial charge on any atom is -0.277 e. The lowest BCUT2D eigenvalue weighted by Crippen LogP contribution is -1.99. The van der Waals surface area contributed by atoms with Crippen LogP contribution in [-0.2, 0) is 4.57 Å². The van der Waals surface area contributed by atoms with E-state index in [0.29, 0.717) is 5.75 Å². The highest BCUT2D eigenvalue weighted by atomic mass is 32.7. The monoisotopic (exact) mass is 152 g/mol. The van der Waals surface area contributed by atoms with E-state index in [1.165, 1.54) is 0 Å². The second kappa shape index (κ2) is 3.30. The quantitative estimate of drug-likeness (QED) is 0.466. The zero-order valence-corrected chi connectivity index (χ0v) is 6.12. The Hall–Kier alpha value is 0.240. The second-order valence-electron chi connectivity index (χ2n) is 1.23. The summed E-state index contributed by atoms with van der Waals surface area (Å²) in [5, 5.41) is 0. The maximum absolute atomic E-state index is 10.4. The zero-order valence-electron chi connectivity index (χ0n) is 4.41. The molecule has 5 heteroatoms. The first kappa shape index (κ1) is 8.24. The van der Waals surface area contributed by atoms with Gasteiger partial charge in [0.2, 0.25) is 0 Å². The van der Waals surface area contributed by atoms with Crippen molar-refractivity contribution in [2.24, 2.45) is 11.0 Å². The van der Waals surface area contributed by atoms with Crippen molar-refractivity contribution in [2.75, 3.05) is 5.75 Å². The molecule has 0 spiro atoms.